The molecule has 1 amide bonds. The average Bonchev–Trinajstić information content (AvgIpc) is 2.66. The number of hydrogen-bond acceptors (Lipinski definition) is 5. The zero-order chi connectivity index (χ0) is 16.5. The highest BCUT2D eigenvalue weighted by atomic mass is 35.5. The molecule has 118 valence electrons. The fourth-order valence-corrected chi connectivity index (χ4v) is 3.68. The fourth-order valence-electron chi connectivity index (χ4n) is 1.65. The van der Waals surface area contributed by atoms with Crippen molar-refractivity contribution in [2.75, 3.05) is 12.3 Å². The van der Waals surface area contributed by atoms with Gasteiger partial charge in [-0.1, -0.05) is 53.2 Å². The lowest BCUT2D eigenvalue weighted by Gasteiger charge is -2.12. The van der Waals surface area contributed by atoms with Crippen LogP contribution in [0.1, 0.15) is 5.56 Å². The summed E-state index contributed by atoms with van der Waals surface area (Å²) in [4.78, 5) is 13.7. The van der Waals surface area contributed by atoms with Crippen molar-refractivity contribution in [3.8, 4) is 0 Å². The Kier molecular flexibility index (Phi) is 5.52. The van der Waals surface area contributed by atoms with Crippen LogP contribution in [0.15, 0.2) is 23.1 Å². The molecule has 1 aliphatic heterocycles. The van der Waals surface area contributed by atoms with E-state index in [9.17, 15) is 13.2 Å². The van der Waals surface area contributed by atoms with Crippen LogP contribution in [0.3, 0.4) is 0 Å². The van der Waals surface area contributed by atoms with Crippen LogP contribution in [-0.4, -0.2) is 40.4 Å². The van der Waals surface area contributed by atoms with Crippen molar-refractivity contribution in [2.24, 2.45) is 0 Å². The largest absolute Gasteiger partial charge is 0.292 e. The van der Waals surface area contributed by atoms with Crippen molar-refractivity contribution in [1.82, 2.24) is 4.90 Å². The number of amides is 1. The Labute approximate surface area is 147 Å². The summed E-state index contributed by atoms with van der Waals surface area (Å²) in [5, 5.41) is 0.761. The first-order valence-corrected chi connectivity index (χ1v) is 9.42. The maximum atomic E-state index is 12.2. The van der Waals surface area contributed by atoms with Crippen LogP contribution in [0, 0.1) is 0 Å². The summed E-state index contributed by atoms with van der Waals surface area (Å²) in [6.07, 6.45) is 1.59. The lowest BCUT2D eigenvalue weighted by Crippen LogP contribution is -2.32. The summed E-state index contributed by atoms with van der Waals surface area (Å²) >= 11 is 17.8. The van der Waals surface area contributed by atoms with Crippen LogP contribution >= 0.6 is 47.2 Å². The van der Waals surface area contributed by atoms with Gasteiger partial charge in [0.15, 0.2) is 0 Å². The second kappa shape index (κ2) is 6.86. The Bertz CT molecular complexity index is 777. The Morgan fingerprint density at radius 3 is 2.59 bits per heavy atom. The van der Waals surface area contributed by atoms with E-state index in [1.54, 1.807) is 24.3 Å². The highest BCUT2D eigenvalue weighted by Gasteiger charge is 2.32. The third-order valence-electron chi connectivity index (χ3n) is 2.69. The van der Waals surface area contributed by atoms with E-state index in [2.05, 4.69) is 0 Å². The Balaban J connectivity index is 2.20. The van der Waals surface area contributed by atoms with Crippen molar-refractivity contribution >= 4 is 73.6 Å². The molecular weight excluding hydrogens is 389 g/mol. The van der Waals surface area contributed by atoms with Crippen LogP contribution < -0.4 is 0 Å². The maximum absolute atomic E-state index is 12.2. The Hall–Kier alpha value is -0.640. The summed E-state index contributed by atoms with van der Waals surface area (Å²) < 4.78 is 30.5. The Morgan fingerprint density at radius 1 is 1.32 bits per heavy atom. The molecule has 0 unspecified atom stereocenters. The number of nitrogens with zero attached hydrogens (tertiary/aromatic N) is 1. The first-order valence-electron chi connectivity index (χ1n) is 5.83. The van der Waals surface area contributed by atoms with E-state index in [0.717, 1.165) is 16.7 Å². The molecule has 2 rings (SSSR count). The topological polar surface area (TPSA) is 74.7 Å². The zero-order valence-corrected chi connectivity index (χ0v) is 14.8. The van der Waals surface area contributed by atoms with Crippen LogP contribution in [0.5, 0.6) is 0 Å². The molecule has 1 saturated heterocycles. The summed E-state index contributed by atoms with van der Waals surface area (Å²) in [5.41, 5.74) is 0.671. The molecule has 1 heterocycles. The second-order valence-corrected chi connectivity index (χ2v) is 8.36. The third-order valence-corrected chi connectivity index (χ3v) is 5.50. The molecule has 5 nitrogen and oxygen atoms in total. The molecule has 0 aromatic heterocycles. The summed E-state index contributed by atoms with van der Waals surface area (Å²) in [5.74, 6) is -0.982. The van der Waals surface area contributed by atoms with Gasteiger partial charge in [0.1, 0.15) is 4.32 Å². The van der Waals surface area contributed by atoms with E-state index in [0.29, 0.717) is 20.5 Å². The normalized spacial score (nSPS) is 17.6. The number of halogens is 2. The molecule has 22 heavy (non-hydrogen) atoms. The lowest BCUT2D eigenvalue weighted by atomic mass is 10.2. The maximum Gasteiger partial charge on any atom is 0.266 e. The molecule has 1 aromatic rings. The smallest absolute Gasteiger partial charge is 0.266 e. The van der Waals surface area contributed by atoms with Gasteiger partial charge in [-0.05, 0) is 23.8 Å². The van der Waals surface area contributed by atoms with Crippen molar-refractivity contribution in [3.63, 3.8) is 0 Å². The highest BCUT2D eigenvalue weighted by Crippen LogP contribution is 2.33. The van der Waals surface area contributed by atoms with Gasteiger partial charge >= 0.3 is 0 Å². The number of thioether (sulfide) groups is 1. The van der Waals surface area contributed by atoms with E-state index in [1.165, 1.54) is 0 Å². The molecule has 0 aliphatic carbocycles. The van der Waals surface area contributed by atoms with Crippen molar-refractivity contribution in [3.05, 3.63) is 38.7 Å². The van der Waals surface area contributed by atoms with E-state index in [4.69, 9.17) is 40.0 Å². The molecular formula is C12H9Cl2NO4S3. The highest BCUT2D eigenvalue weighted by molar-refractivity contribution is 8.26. The van der Waals surface area contributed by atoms with Gasteiger partial charge in [0, 0.05) is 6.54 Å². The molecule has 0 atom stereocenters. The minimum absolute atomic E-state index is 0.192. The van der Waals surface area contributed by atoms with Gasteiger partial charge in [0.25, 0.3) is 16.0 Å². The van der Waals surface area contributed by atoms with Gasteiger partial charge < -0.3 is 0 Å². The van der Waals surface area contributed by atoms with E-state index in [-0.39, 0.29) is 10.9 Å². The number of carbonyl (C=O) groups excluding carboxylic acids is 1. The van der Waals surface area contributed by atoms with Crippen LogP contribution in [0.2, 0.25) is 10.0 Å². The zero-order valence-electron chi connectivity index (χ0n) is 10.8. The number of thiocarbonyl (C=S) groups is 1. The average molecular weight is 398 g/mol. The number of rotatable bonds is 4. The molecule has 1 fully saturated rings. The number of carbonyl (C=O) groups is 1. The van der Waals surface area contributed by atoms with Crippen molar-refractivity contribution < 1.29 is 17.8 Å². The molecule has 1 aromatic carbocycles. The second-order valence-electron chi connectivity index (χ2n) is 4.29. The monoisotopic (exact) mass is 397 g/mol. The molecule has 0 spiro atoms. The predicted molar refractivity (Wildman–Crippen MR) is 92.8 cm³/mol. The molecule has 0 radical (unpaired) electrons. The summed E-state index contributed by atoms with van der Waals surface area (Å²) in [7, 11) is -4.16. The van der Waals surface area contributed by atoms with E-state index in [1.807, 2.05) is 0 Å². The number of hydrogen-bond donors (Lipinski definition) is 1. The minimum Gasteiger partial charge on any atom is -0.292 e. The molecule has 1 aliphatic rings. The van der Waals surface area contributed by atoms with E-state index < -0.39 is 21.8 Å². The summed E-state index contributed by atoms with van der Waals surface area (Å²) in [6.45, 7) is -0.192. The van der Waals surface area contributed by atoms with Crippen LogP contribution in [0.4, 0.5) is 0 Å². The fraction of sp³-hybridized carbons (Fsp3) is 0.167. The van der Waals surface area contributed by atoms with Gasteiger partial charge in [-0.3, -0.25) is 14.2 Å². The molecule has 0 saturated carbocycles. The third kappa shape index (κ3) is 4.43. The number of benzene rings is 1. The van der Waals surface area contributed by atoms with Crippen LogP contribution in [0.25, 0.3) is 6.08 Å². The van der Waals surface area contributed by atoms with Crippen LogP contribution in [-0.2, 0) is 14.9 Å². The van der Waals surface area contributed by atoms with Crippen molar-refractivity contribution in [1.29, 1.82) is 0 Å². The first kappa shape index (κ1) is 17.7. The van der Waals surface area contributed by atoms with Crippen molar-refractivity contribution in [2.45, 2.75) is 0 Å². The SMILES string of the molecule is O=C1/C(=C/c2ccc(Cl)c(Cl)c2)SC(=S)N1CCS(=O)(=O)O. The molecule has 0 bridgehead atoms. The first-order chi connectivity index (χ1) is 10.2. The van der Waals surface area contributed by atoms with Gasteiger partial charge in [-0.15, -0.1) is 0 Å². The van der Waals surface area contributed by atoms with Gasteiger partial charge in [0.2, 0.25) is 0 Å². The minimum atomic E-state index is -4.16. The predicted octanol–water partition coefficient (Wildman–Crippen LogP) is 3.08. The van der Waals surface area contributed by atoms with Gasteiger partial charge in [0.05, 0.1) is 20.7 Å². The van der Waals surface area contributed by atoms with Gasteiger partial charge in [-0.2, -0.15) is 8.42 Å². The molecule has 10 heteroatoms. The quantitative estimate of drug-likeness (QED) is 0.477. The standard InChI is InChI=1S/C12H9Cl2NO4S3/c13-8-2-1-7(5-9(8)14)6-10-11(16)15(12(20)21-10)3-4-22(17,18)19/h1-2,5-6H,3-4H2,(H,17,18,19)/b10-6-. The lowest BCUT2D eigenvalue weighted by molar-refractivity contribution is -0.121. The summed E-state index contributed by atoms with van der Waals surface area (Å²) in [6, 6.07) is 4.91. The Morgan fingerprint density at radius 2 is 2.00 bits per heavy atom. The van der Waals surface area contributed by atoms with Gasteiger partial charge in [-0.25, -0.2) is 0 Å². The van der Waals surface area contributed by atoms with E-state index >= 15 is 0 Å². The molecule has 1 N–H and O–H groups in total.